The molecule has 0 unspecified atom stereocenters. The number of aryl methyl sites for hydroxylation is 3. The molecule has 0 bridgehead atoms. The van der Waals surface area contributed by atoms with Gasteiger partial charge < -0.3 is 14.8 Å². The molecule has 3 rings (SSSR count). The van der Waals surface area contributed by atoms with E-state index in [1.165, 1.54) is 24.3 Å². The molecule has 0 saturated heterocycles. The zero-order valence-corrected chi connectivity index (χ0v) is 19.7. The van der Waals surface area contributed by atoms with Crippen LogP contribution in [0.15, 0.2) is 53.4 Å². The van der Waals surface area contributed by atoms with Gasteiger partial charge in [0.2, 0.25) is 11.9 Å². The van der Waals surface area contributed by atoms with Crippen LogP contribution in [0.3, 0.4) is 0 Å². The summed E-state index contributed by atoms with van der Waals surface area (Å²) < 4.78 is 38.1. The lowest BCUT2D eigenvalue weighted by Crippen LogP contribution is -2.16. The maximum Gasteiger partial charge on any atom is 0.264 e. The monoisotopic (exact) mass is 470 g/mol. The number of anilines is 2. The molecule has 0 atom stereocenters. The average Bonchev–Trinajstić information content (AvgIpc) is 2.76. The van der Waals surface area contributed by atoms with Crippen molar-refractivity contribution in [3.63, 3.8) is 0 Å². The van der Waals surface area contributed by atoms with Crippen LogP contribution in [0.4, 0.5) is 11.6 Å². The molecule has 0 fully saturated rings. The fraction of sp³-hybridized carbons (Fsp3) is 0.261. The number of nitrogens with zero attached hydrogens (tertiary/aromatic N) is 2. The van der Waals surface area contributed by atoms with Gasteiger partial charge in [-0.25, -0.2) is 23.1 Å². The normalized spacial score (nSPS) is 11.0. The van der Waals surface area contributed by atoms with E-state index in [-0.39, 0.29) is 23.2 Å². The van der Waals surface area contributed by atoms with Crippen molar-refractivity contribution < 1.29 is 22.7 Å². The Kier molecular flexibility index (Phi) is 7.49. The van der Waals surface area contributed by atoms with Crippen molar-refractivity contribution in [3.8, 4) is 11.5 Å². The van der Waals surface area contributed by atoms with Gasteiger partial charge in [-0.05, 0) is 68.3 Å². The standard InChI is InChI=1S/C23H26N4O5S/c1-15-13-16(2)25-23(24-15)27-33(29,30)19-9-7-18(8-10-19)26-22(28)12-6-17-5-11-20(31-3)21(14-17)32-4/h5,7-11,13-14H,6,12H2,1-4H3,(H,26,28)(H,24,25,27). The first-order valence-electron chi connectivity index (χ1n) is 10.2. The first-order chi connectivity index (χ1) is 15.7. The second kappa shape index (κ2) is 10.3. The van der Waals surface area contributed by atoms with Crippen molar-refractivity contribution in [2.45, 2.75) is 31.6 Å². The third-order valence-corrected chi connectivity index (χ3v) is 6.09. The minimum atomic E-state index is -3.86. The Morgan fingerprint density at radius 1 is 0.909 bits per heavy atom. The van der Waals surface area contributed by atoms with Crippen LogP contribution in [0.25, 0.3) is 0 Å². The lowest BCUT2D eigenvalue weighted by molar-refractivity contribution is -0.116. The summed E-state index contributed by atoms with van der Waals surface area (Å²) in [5.41, 5.74) is 2.75. The average molecular weight is 471 g/mol. The number of aromatic nitrogens is 2. The summed E-state index contributed by atoms with van der Waals surface area (Å²) in [4.78, 5) is 20.6. The van der Waals surface area contributed by atoms with Gasteiger partial charge >= 0.3 is 0 Å². The summed E-state index contributed by atoms with van der Waals surface area (Å²) in [5.74, 6) is 1.05. The molecular weight excluding hydrogens is 444 g/mol. The highest BCUT2D eigenvalue weighted by Crippen LogP contribution is 2.28. The van der Waals surface area contributed by atoms with E-state index >= 15 is 0 Å². The summed E-state index contributed by atoms with van der Waals surface area (Å²) in [5, 5.41) is 2.77. The van der Waals surface area contributed by atoms with Crippen LogP contribution >= 0.6 is 0 Å². The van der Waals surface area contributed by atoms with Crippen molar-refractivity contribution in [3.05, 3.63) is 65.5 Å². The molecule has 0 saturated carbocycles. The van der Waals surface area contributed by atoms with Gasteiger partial charge in [-0.15, -0.1) is 0 Å². The maximum absolute atomic E-state index is 12.6. The van der Waals surface area contributed by atoms with Gasteiger partial charge in [-0.1, -0.05) is 6.07 Å². The number of carbonyl (C=O) groups is 1. The molecule has 9 nitrogen and oxygen atoms in total. The Morgan fingerprint density at radius 3 is 2.15 bits per heavy atom. The van der Waals surface area contributed by atoms with Gasteiger partial charge in [0.05, 0.1) is 19.1 Å². The predicted molar refractivity (Wildman–Crippen MR) is 125 cm³/mol. The molecule has 2 aromatic carbocycles. The number of sulfonamides is 1. The van der Waals surface area contributed by atoms with Crippen molar-refractivity contribution in [1.82, 2.24) is 9.97 Å². The number of nitrogens with one attached hydrogen (secondary N) is 2. The SMILES string of the molecule is COc1ccc(CCC(=O)Nc2ccc(S(=O)(=O)Nc3nc(C)cc(C)n3)cc2)cc1OC. The maximum atomic E-state index is 12.6. The van der Waals surface area contributed by atoms with Crippen LogP contribution in [0.1, 0.15) is 23.4 Å². The van der Waals surface area contributed by atoms with Crippen LogP contribution < -0.4 is 19.5 Å². The topological polar surface area (TPSA) is 120 Å². The number of benzene rings is 2. The van der Waals surface area contributed by atoms with Gasteiger partial charge in [0.1, 0.15) is 0 Å². The minimum absolute atomic E-state index is 0.0139. The van der Waals surface area contributed by atoms with Crippen LogP contribution in [0.2, 0.25) is 0 Å². The molecule has 0 aliphatic heterocycles. The van der Waals surface area contributed by atoms with Crippen LogP contribution in [-0.4, -0.2) is 38.5 Å². The summed E-state index contributed by atoms with van der Waals surface area (Å²) in [6, 6.07) is 13.1. The molecule has 2 N–H and O–H groups in total. The Morgan fingerprint density at radius 2 is 1.55 bits per heavy atom. The lowest BCUT2D eigenvalue weighted by Gasteiger charge is -2.10. The Bertz CT molecular complexity index is 1220. The van der Waals surface area contributed by atoms with E-state index in [0.29, 0.717) is 35.0 Å². The van der Waals surface area contributed by atoms with Crippen molar-refractivity contribution >= 4 is 27.6 Å². The fourth-order valence-electron chi connectivity index (χ4n) is 3.19. The highest BCUT2D eigenvalue weighted by Gasteiger charge is 2.16. The zero-order valence-electron chi connectivity index (χ0n) is 18.9. The molecular formula is C23H26N4O5S. The highest BCUT2D eigenvalue weighted by atomic mass is 32.2. The van der Waals surface area contributed by atoms with E-state index < -0.39 is 10.0 Å². The van der Waals surface area contributed by atoms with E-state index in [0.717, 1.165) is 5.56 Å². The van der Waals surface area contributed by atoms with Gasteiger partial charge in [0.15, 0.2) is 11.5 Å². The Labute approximate surface area is 193 Å². The fourth-order valence-corrected chi connectivity index (χ4v) is 4.13. The van der Waals surface area contributed by atoms with E-state index in [2.05, 4.69) is 20.0 Å². The zero-order chi connectivity index (χ0) is 24.0. The van der Waals surface area contributed by atoms with Crippen LogP contribution in [-0.2, 0) is 21.2 Å². The second-order valence-electron chi connectivity index (χ2n) is 7.34. The first-order valence-corrected chi connectivity index (χ1v) is 11.6. The van der Waals surface area contributed by atoms with Crippen molar-refractivity contribution in [2.24, 2.45) is 0 Å². The third kappa shape index (κ3) is 6.42. The molecule has 10 heteroatoms. The molecule has 0 aliphatic carbocycles. The van der Waals surface area contributed by atoms with Gasteiger partial charge in [0, 0.05) is 23.5 Å². The molecule has 33 heavy (non-hydrogen) atoms. The summed E-state index contributed by atoms with van der Waals surface area (Å²) in [6.45, 7) is 3.52. The Hall–Kier alpha value is -3.66. The lowest BCUT2D eigenvalue weighted by atomic mass is 10.1. The molecule has 1 amide bonds. The number of hydrogen-bond acceptors (Lipinski definition) is 7. The summed E-state index contributed by atoms with van der Waals surface area (Å²) in [6.07, 6.45) is 0.764. The molecule has 3 aromatic rings. The second-order valence-corrected chi connectivity index (χ2v) is 9.02. The number of rotatable bonds is 9. The molecule has 0 spiro atoms. The molecule has 174 valence electrons. The largest absolute Gasteiger partial charge is 0.493 e. The highest BCUT2D eigenvalue weighted by molar-refractivity contribution is 7.92. The van der Waals surface area contributed by atoms with Crippen LogP contribution in [0.5, 0.6) is 11.5 Å². The summed E-state index contributed by atoms with van der Waals surface area (Å²) in [7, 11) is -0.738. The van der Waals surface area contributed by atoms with Gasteiger partial charge in [-0.3, -0.25) is 4.79 Å². The van der Waals surface area contributed by atoms with E-state index in [4.69, 9.17) is 9.47 Å². The molecule has 1 heterocycles. The number of carbonyl (C=O) groups excluding carboxylic acids is 1. The third-order valence-electron chi connectivity index (χ3n) is 4.74. The minimum Gasteiger partial charge on any atom is -0.493 e. The van der Waals surface area contributed by atoms with Crippen molar-refractivity contribution in [2.75, 3.05) is 24.3 Å². The van der Waals surface area contributed by atoms with E-state index in [1.807, 2.05) is 12.1 Å². The molecule has 0 aliphatic rings. The van der Waals surface area contributed by atoms with Gasteiger partial charge in [-0.2, -0.15) is 0 Å². The number of hydrogen-bond donors (Lipinski definition) is 2. The quantitative estimate of drug-likeness (QED) is 0.491. The number of amides is 1. The first kappa shape index (κ1) is 24.0. The predicted octanol–water partition coefficient (Wildman–Crippen LogP) is 3.48. The molecule has 1 aromatic heterocycles. The molecule has 0 radical (unpaired) electrons. The number of methoxy groups -OCH3 is 2. The van der Waals surface area contributed by atoms with Crippen molar-refractivity contribution in [1.29, 1.82) is 0 Å². The van der Waals surface area contributed by atoms with E-state index in [9.17, 15) is 13.2 Å². The smallest absolute Gasteiger partial charge is 0.264 e. The number of ether oxygens (including phenoxy) is 2. The Balaban J connectivity index is 1.60. The van der Waals surface area contributed by atoms with Crippen LogP contribution in [0, 0.1) is 13.8 Å². The van der Waals surface area contributed by atoms with E-state index in [1.54, 1.807) is 40.2 Å². The van der Waals surface area contributed by atoms with Gasteiger partial charge in [0.25, 0.3) is 10.0 Å². The summed E-state index contributed by atoms with van der Waals surface area (Å²) >= 11 is 0.